The molecule has 0 spiro atoms. The molecule has 1 heterocycles. The Bertz CT molecular complexity index is 1110. The van der Waals surface area contributed by atoms with E-state index in [2.05, 4.69) is 36.8 Å². The molecule has 3 aromatic rings. The molecule has 0 fully saturated rings. The lowest BCUT2D eigenvalue weighted by molar-refractivity contribution is -0.113. The molecule has 0 radical (unpaired) electrons. The maximum Gasteiger partial charge on any atom is 0.253 e. The Morgan fingerprint density at radius 1 is 1.13 bits per heavy atom. The summed E-state index contributed by atoms with van der Waals surface area (Å²) in [4.78, 5) is 24.6. The Morgan fingerprint density at radius 3 is 2.61 bits per heavy atom. The summed E-state index contributed by atoms with van der Waals surface area (Å²) >= 11 is 16.7. The molecule has 0 aliphatic carbocycles. The quantitative estimate of drug-likeness (QED) is 0.390. The first-order valence-electron chi connectivity index (χ1n) is 9.21. The fourth-order valence-electron chi connectivity index (χ4n) is 2.68. The molecule has 31 heavy (non-hydrogen) atoms. The highest BCUT2D eigenvalue weighted by Gasteiger charge is 2.15. The summed E-state index contributed by atoms with van der Waals surface area (Å²) in [6.07, 6.45) is 0. The van der Waals surface area contributed by atoms with E-state index in [9.17, 15) is 9.59 Å². The van der Waals surface area contributed by atoms with Crippen molar-refractivity contribution in [3.8, 4) is 0 Å². The van der Waals surface area contributed by atoms with Crippen LogP contribution < -0.4 is 10.6 Å². The molecule has 0 saturated carbocycles. The van der Waals surface area contributed by atoms with Gasteiger partial charge in [-0.1, -0.05) is 47.1 Å². The third-order valence-electron chi connectivity index (χ3n) is 4.17. The van der Waals surface area contributed by atoms with Gasteiger partial charge in [-0.05, 0) is 53.2 Å². The van der Waals surface area contributed by atoms with Crippen molar-refractivity contribution in [1.29, 1.82) is 0 Å². The van der Waals surface area contributed by atoms with Crippen LogP contribution >= 0.6 is 50.9 Å². The standard InChI is InChI=1S/C20H18BrCl2N5O2S/c1-2-28-17(10-24-19(30)13-5-3-4-6-15(13)22)26-27-20(28)31-11-18(29)25-12-7-8-14(21)16(23)9-12/h3-9H,2,10-11H2,1H3,(H,24,30)(H,25,29). The van der Waals surface area contributed by atoms with Crippen molar-refractivity contribution >= 4 is 68.4 Å². The summed E-state index contributed by atoms with van der Waals surface area (Å²) in [6.45, 7) is 2.72. The number of benzene rings is 2. The molecule has 0 aliphatic heterocycles. The van der Waals surface area contributed by atoms with Gasteiger partial charge in [0.15, 0.2) is 11.0 Å². The second-order valence-electron chi connectivity index (χ2n) is 6.27. The average Bonchev–Trinajstić information content (AvgIpc) is 3.15. The van der Waals surface area contributed by atoms with Crippen LogP contribution in [-0.4, -0.2) is 32.3 Å². The van der Waals surface area contributed by atoms with Crippen molar-refractivity contribution in [2.45, 2.75) is 25.2 Å². The molecule has 7 nitrogen and oxygen atoms in total. The van der Waals surface area contributed by atoms with E-state index >= 15 is 0 Å². The van der Waals surface area contributed by atoms with Crippen molar-refractivity contribution in [3.05, 3.63) is 68.4 Å². The molecule has 1 aromatic heterocycles. The summed E-state index contributed by atoms with van der Waals surface area (Å²) < 4.78 is 2.60. The van der Waals surface area contributed by atoms with Crippen molar-refractivity contribution in [2.75, 3.05) is 11.1 Å². The predicted molar refractivity (Wildman–Crippen MR) is 127 cm³/mol. The van der Waals surface area contributed by atoms with E-state index < -0.39 is 0 Å². The van der Waals surface area contributed by atoms with Gasteiger partial charge in [-0.3, -0.25) is 9.59 Å². The number of hydrogen-bond donors (Lipinski definition) is 2. The van der Waals surface area contributed by atoms with Gasteiger partial charge in [0, 0.05) is 16.7 Å². The summed E-state index contributed by atoms with van der Waals surface area (Å²) in [5, 5.41) is 15.4. The summed E-state index contributed by atoms with van der Waals surface area (Å²) in [5.74, 6) is 0.253. The molecular weight excluding hydrogens is 525 g/mol. The van der Waals surface area contributed by atoms with E-state index in [1.54, 1.807) is 42.5 Å². The Balaban J connectivity index is 1.58. The highest BCUT2D eigenvalue weighted by molar-refractivity contribution is 9.10. The molecule has 162 valence electrons. The van der Waals surface area contributed by atoms with Crippen LogP contribution in [-0.2, 0) is 17.9 Å². The molecule has 0 saturated heterocycles. The van der Waals surface area contributed by atoms with Gasteiger partial charge < -0.3 is 15.2 Å². The van der Waals surface area contributed by atoms with Crippen LogP contribution in [0.3, 0.4) is 0 Å². The number of carbonyl (C=O) groups excluding carboxylic acids is 2. The second-order valence-corrected chi connectivity index (χ2v) is 8.88. The first kappa shape index (κ1) is 23.6. The van der Waals surface area contributed by atoms with Gasteiger partial charge in [-0.2, -0.15) is 0 Å². The number of halogens is 3. The highest BCUT2D eigenvalue weighted by atomic mass is 79.9. The maximum absolute atomic E-state index is 12.4. The number of aromatic nitrogens is 3. The zero-order chi connectivity index (χ0) is 22.4. The summed E-state index contributed by atoms with van der Waals surface area (Å²) in [6, 6.07) is 12.0. The van der Waals surface area contributed by atoms with Crippen LogP contribution in [0.4, 0.5) is 5.69 Å². The van der Waals surface area contributed by atoms with Gasteiger partial charge in [0.2, 0.25) is 5.91 Å². The van der Waals surface area contributed by atoms with Crippen LogP contribution in [0.1, 0.15) is 23.1 Å². The van der Waals surface area contributed by atoms with Crippen LogP contribution in [0.15, 0.2) is 52.1 Å². The van der Waals surface area contributed by atoms with Gasteiger partial charge in [0.25, 0.3) is 5.91 Å². The number of hydrogen-bond acceptors (Lipinski definition) is 5. The van der Waals surface area contributed by atoms with E-state index in [-0.39, 0.29) is 24.1 Å². The van der Waals surface area contributed by atoms with E-state index in [0.29, 0.717) is 38.8 Å². The first-order chi connectivity index (χ1) is 14.9. The molecule has 0 unspecified atom stereocenters. The van der Waals surface area contributed by atoms with Crippen molar-refractivity contribution in [3.63, 3.8) is 0 Å². The van der Waals surface area contributed by atoms with E-state index in [1.165, 1.54) is 11.8 Å². The van der Waals surface area contributed by atoms with Gasteiger partial charge >= 0.3 is 0 Å². The number of amides is 2. The van der Waals surface area contributed by atoms with E-state index in [0.717, 1.165) is 4.47 Å². The molecule has 0 bridgehead atoms. The Labute approximate surface area is 202 Å². The Morgan fingerprint density at radius 2 is 1.90 bits per heavy atom. The predicted octanol–water partition coefficient (Wildman–Crippen LogP) is 5.03. The molecular formula is C20H18BrCl2N5O2S. The second kappa shape index (κ2) is 11.0. The molecule has 0 atom stereocenters. The van der Waals surface area contributed by atoms with Gasteiger partial charge in [-0.25, -0.2) is 0 Å². The minimum atomic E-state index is -0.294. The SMILES string of the molecule is CCn1c(CNC(=O)c2ccccc2Cl)nnc1SCC(=O)Nc1ccc(Br)c(Cl)c1. The minimum Gasteiger partial charge on any atom is -0.345 e. The molecule has 11 heteroatoms. The lowest BCUT2D eigenvalue weighted by atomic mass is 10.2. The number of carbonyl (C=O) groups is 2. The van der Waals surface area contributed by atoms with Crippen LogP contribution in [0.2, 0.25) is 10.0 Å². The molecule has 2 N–H and O–H groups in total. The van der Waals surface area contributed by atoms with E-state index in [1.807, 2.05) is 11.5 Å². The zero-order valence-corrected chi connectivity index (χ0v) is 20.3. The van der Waals surface area contributed by atoms with Gasteiger partial charge in [0.05, 0.1) is 27.9 Å². The molecule has 0 aliphatic rings. The van der Waals surface area contributed by atoms with Crippen molar-refractivity contribution in [1.82, 2.24) is 20.1 Å². The summed E-state index contributed by atoms with van der Waals surface area (Å²) in [7, 11) is 0. The topological polar surface area (TPSA) is 88.9 Å². The maximum atomic E-state index is 12.4. The normalized spacial score (nSPS) is 10.7. The first-order valence-corrected chi connectivity index (χ1v) is 11.7. The Hall–Kier alpha value is -2.07. The Kier molecular flexibility index (Phi) is 8.36. The fourth-order valence-corrected chi connectivity index (χ4v) is 4.15. The molecule has 2 amide bonds. The van der Waals surface area contributed by atoms with Crippen LogP contribution in [0.5, 0.6) is 0 Å². The van der Waals surface area contributed by atoms with Crippen molar-refractivity contribution < 1.29 is 9.59 Å². The third-order valence-corrected chi connectivity index (χ3v) is 6.70. The zero-order valence-electron chi connectivity index (χ0n) is 16.4. The van der Waals surface area contributed by atoms with Crippen LogP contribution in [0.25, 0.3) is 0 Å². The fraction of sp³-hybridized carbons (Fsp3) is 0.200. The van der Waals surface area contributed by atoms with Crippen molar-refractivity contribution in [2.24, 2.45) is 0 Å². The number of rotatable bonds is 8. The van der Waals surface area contributed by atoms with Crippen LogP contribution in [0, 0.1) is 0 Å². The number of thioether (sulfide) groups is 1. The minimum absolute atomic E-state index is 0.151. The van der Waals surface area contributed by atoms with Gasteiger partial charge in [-0.15, -0.1) is 10.2 Å². The molecule has 3 rings (SSSR count). The monoisotopic (exact) mass is 541 g/mol. The molecule has 2 aromatic carbocycles. The highest BCUT2D eigenvalue weighted by Crippen LogP contribution is 2.26. The lowest BCUT2D eigenvalue weighted by Gasteiger charge is -2.09. The number of anilines is 1. The van der Waals surface area contributed by atoms with Gasteiger partial charge in [0.1, 0.15) is 0 Å². The van der Waals surface area contributed by atoms with E-state index in [4.69, 9.17) is 23.2 Å². The smallest absolute Gasteiger partial charge is 0.253 e. The largest absolute Gasteiger partial charge is 0.345 e. The summed E-state index contributed by atoms with van der Waals surface area (Å²) in [5.41, 5.74) is 1.00. The lowest BCUT2D eigenvalue weighted by Crippen LogP contribution is -2.25. The third kappa shape index (κ3) is 6.22. The average molecular weight is 543 g/mol. The number of nitrogens with zero attached hydrogens (tertiary/aromatic N) is 3. The number of nitrogens with one attached hydrogen (secondary N) is 2.